The summed E-state index contributed by atoms with van der Waals surface area (Å²) in [5.74, 6) is -0.0640. The maximum atomic E-state index is 12.2. The number of hydrogen-bond donors (Lipinski definition) is 2. The van der Waals surface area contributed by atoms with Crippen molar-refractivity contribution in [1.29, 1.82) is 5.26 Å². The third kappa shape index (κ3) is 2.34. The first-order valence-corrected chi connectivity index (χ1v) is 6.42. The Morgan fingerprint density at radius 3 is 2.65 bits per heavy atom. The molecule has 0 fully saturated rings. The van der Waals surface area contributed by atoms with Crippen molar-refractivity contribution in [2.75, 3.05) is 10.6 Å². The SMILES string of the molecule is N#Cc1ccc(NC(=O)[C@@H]2Cc3ccccc3N2)cc1. The Morgan fingerprint density at radius 1 is 1.20 bits per heavy atom. The average molecular weight is 263 g/mol. The lowest BCUT2D eigenvalue weighted by Gasteiger charge is -2.12. The van der Waals surface area contributed by atoms with Crippen LogP contribution in [0.25, 0.3) is 0 Å². The molecule has 4 nitrogen and oxygen atoms in total. The topological polar surface area (TPSA) is 64.9 Å². The number of amides is 1. The van der Waals surface area contributed by atoms with Crippen molar-refractivity contribution >= 4 is 17.3 Å². The van der Waals surface area contributed by atoms with Crippen molar-refractivity contribution in [3.05, 3.63) is 59.7 Å². The van der Waals surface area contributed by atoms with Gasteiger partial charge in [0.05, 0.1) is 11.6 Å². The van der Waals surface area contributed by atoms with Gasteiger partial charge in [0, 0.05) is 17.8 Å². The van der Waals surface area contributed by atoms with Crippen LogP contribution in [0.2, 0.25) is 0 Å². The molecule has 1 atom stereocenters. The minimum Gasteiger partial charge on any atom is -0.373 e. The number of fused-ring (bicyclic) bond motifs is 1. The van der Waals surface area contributed by atoms with Crippen LogP contribution in [-0.4, -0.2) is 11.9 Å². The van der Waals surface area contributed by atoms with Crippen molar-refractivity contribution in [2.45, 2.75) is 12.5 Å². The molecule has 20 heavy (non-hydrogen) atoms. The van der Waals surface area contributed by atoms with E-state index in [1.165, 1.54) is 0 Å². The highest BCUT2D eigenvalue weighted by Gasteiger charge is 2.26. The molecular formula is C16H13N3O. The molecule has 2 aromatic rings. The molecule has 3 rings (SSSR count). The van der Waals surface area contributed by atoms with Crippen LogP contribution in [0, 0.1) is 11.3 Å². The van der Waals surface area contributed by atoms with E-state index in [2.05, 4.69) is 10.6 Å². The molecule has 4 heteroatoms. The van der Waals surface area contributed by atoms with Crippen LogP contribution in [0.3, 0.4) is 0 Å². The van der Waals surface area contributed by atoms with Crippen LogP contribution >= 0.6 is 0 Å². The Kier molecular flexibility index (Phi) is 3.10. The monoisotopic (exact) mass is 263 g/mol. The number of para-hydroxylation sites is 1. The van der Waals surface area contributed by atoms with Gasteiger partial charge in [-0.1, -0.05) is 18.2 Å². The second-order valence-corrected chi connectivity index (χ2v) is 4.74. The zero-order valence-electron chi connectivity index (χ0n) is 10.8. The number of nitrogens with zero attached hydrogens (tertiary/aromatic N) is 1. The summed E-state index contributed by atoms with van der Waals surface area (Å²) < 4.78 is 0. The zero-order chi connectivity index (χ0) is 13.9. The number of rotatable bonds is 2. The van der Waals surface area contributed by atoms with Gasteiger partial charge in [0.1, 0.15) is 6.04 Å². The van der Waals surface area contributed by atoms with Gasteiger partial charge in [0.15, 0.2) is 0 Å². The van der Waals surface area contributed by atoms with Crippen LogP contribution in [-0.2, 0) is 11.2 Å². The molecule has 0 unspecified atom stereocenters. The normalized spacial score (nSPS) is 15.8. The maximum absolute atomic E-state index is 12.2. The number of hydrogen-bond acceptors (Lipinski definition) is 3. The van der Waals surface area contributed by atoms with E-state index in [0.717, 1.165) is 11.3 Å². The van der Waals surface area contributed by atoms with E-state index in [1.807, 2.05) is 30.3 Å². The molecule has 2 aromatic carbocycles. The van der Waals surface area contributed by atoms with Gasteiger partial charge in [0.2, 0.25) is 5.91 Å². The van der Waals surface area contributed by atoms with Gasteiger partial charge in [-0.3, -0.25) is 4.79 Å². The van der Waals surface area contributed by atoms with Crippen molar-refractivity contribution in [1.82, 2.24) is 0 Å². The molecule has 2 N–H and O–H groups in total. The molecule has 0 aromatic heterocycles. The summed E-state index contributed by atoms with van der Waals surface area (Å²) in [5.41, 5.74) is 3.46. The molecule has 0 aliphatic carbocycles. The van der Waals surface area contributed by atoms with Gasteiger partial charge in [-0.25, -0.2) is 0 Å². The molecule has 0 saturated heterocycles. The van der Waals surface area contributed by atoms with E-state index in [4.69, 9.17) is 5.26 Å². The van der Waals surface area contributed by atoms with Gasteiger partial charge < -0.3 is 10.6 Å². The first-order chi connectivity index (χ1) is 9.76. The third-order valence-corrected chi connectivity index (χ3v) is 3.37. The van der Waals surface area contributed by atoms with E-state index in [1.54, 1.807) is 24.3 Å². The molecule has 0 spiro atoms. The number of nitriles is 1. The van der Waals surface area contributed by atoms with E-state index < -0.39 is 0 Å². The molecule has 98 valence electrons. The molecule has 1 aliphatic rings. The maximum Gasteiger partial charge on any atom is 0.247 e. The summed E-state index contributed by atoms with van der Waals surface area (Å²) in [4.78, 5) is 12.2. The highest BCUT2D eigenvalue weighted by Crippen LogP contribution is 2.25. The van der Waals surface area contributed by atoms with Crippen LogP contribution in [0.4, 0.5) is 11.4 Å². The van der Waals surface area contributed by atoms with E-state index in [-0.39, 0.29) is 11.9 Å². The lowest BCUT2D eigenvalue weighted by atomic mass is 10.1. The minimum atomic E-state index is -0.247. The predicted octanol–water partition coefficient (Wildman–Crippen LogP) is 2.53. The highest BCUT2D eigenvalue weighted by atomic mass is 16.2. The molecule has 1 heterocycles. The molecule has 1 aliphatic heterocycles. The fourth-order valence-corrected chi connectivity index (χ4v) is 2.31. The Bertz CT molecular complexity index is 661. The standard InChI is InChI=1S/C16H13N3O/c17-10-11-5-7-13(8-6-11)18-16(20)15-9-12-3-1-2-4-14(12)19-15/h1-8,15,19H,9H2,(H,18,20)/t15-/m0/s1. The fraction of sp³-hybridized carbons (Fsp3) is 0.125. The van der Waals surface area contributed by atoms with Gasteiger partial charge >= 0.3 is 0 Å². The Labute approximate surface area is 117 Å². The lowest BCUT2D eigenvalue weighted by Crippen LogP contribution is -2.32. The smallest absolute Gasteiger partial charge is 0.247 e. The second kappa shape index (κ2) is 5.06. The first-order valence-electron chi connectivity index (χ1n) is 6.42. The van der Waals surface area contributed by atoms with E-state index >= 15 is 0 Å². The van der Waals surface area contributed by atoms with Crippen molar-refractivity contribution in [3.63, 3.8) is 0 Å². The zero-order valence-corrected chi connectivity index (χ0v) is 10.8. The van der Waals surface area contributed by atoms with Crippen molar-refractivity contribution < 1.29 is 4.79 Å². The first kappa shape index (κ1) is 12.2. The van der Waals surface area contributed by atoms with Crippen LogP contribution in [0.1, 0.15) is 11.1 Å². The Hall–Kier alpha value is -2.80. The number of benzene rings is 2. The van der Waals surface area contributed by atoms with Crippen molar-refractivity contribution in [3.8, 4) is 6.07 Å². The summed E-state index contributed by atoms with van der Waals surface area (Å²) in [5, 5.41) is 14.8. The van der Waals surface area contributed by atoms with Gasteiger partial charge in [-0.05, 0) is 35.9 Å². The van der Waals surface area contributed by atoms with E-state index in [0.29, 0.717) is 17.7 Å². The van der Waals surface area contributed by atoms with Gasteiger partial charge in [-0.2, -0.15) is 5.26 Å². The predicted molar refractivity (Wildman–Crippen MR) is 77.3 cm³/mol. The fourth-order valence-electron chi connectivity index (χ4n) is 2.31. The molecule has 0 bridgehead atoms. The summed E-state index contributed by atoms with van der Waals surface area (Å²) in [6.45, 7) is 0. The van der Waals surface area contributed by atoms with E-state index in [9.17, 15) is 4.79 Å². The number of carbonyl (C=O) groups is 1. The summed E-state index contributed by atoms with van der Waals surface area (Å²) in [6, 6.07) is 16.6. The molecule has 0 saturated carbocycles. The largest absolute Gasteiger partial charge is 0.373 e. The van der Waals surface area contributed by atoms with Crippen LogP contribution in [0.15, 0.2) is 48.5 Å². The summed E-state index contributed by atoms with van der Waals surface area (Å²) in [6.07, 6.45) is 0.693. The highest BCUT2D eigenvalue weighted by molar-refractivity contribution is 5.98. The number of anilines is 2. The van der Waals surface area contributed by atoms with Gasteiger partial charge in [-0.15, -0.1) is 0 Å². The molecule has 1 amide bonds. The lowest BCUT2D eigenvalue weighted by molar-refractivity contribution is -0.116. The Morgan fingerprint density at radius 2 is 1.95 bits per heavy atom. The second-order valence-electron chi connectivity index (χ2n) is 4.74. The number of carbonyl (C=O) groups excluding carboxylic acids is 1. The van der Waals surface area contributed by atoms with Gasteiger partial charge in [0.25, 0.3) is 0 Å². The molecular weight excluding hydrogens is 250 g/mol. The van der Waals surface area contributed by atoms with Crippen molar-refractivity contribution in [2.24, 2.45) is 0 Å². The quantitative estimate of drug-likeness (QED) is 0.875. The Balaban J connectivity index is 1.68. The van der Waals surface area contributed by atoms with Crippen LogP contribution in [0.5, 0.6) is 0 Å². The molecule has 0 radical (unpaired) electrons. The average Bonchev–Trinajstić information content (AvgIpc) is 2.92. The number of nitrogens with one attached hydrogen (secondary N) is 2. The third-order valence-electron chi connectivity index (χ3n) is 3.37. The minimum absolute atomic E-state index is 0.0640. The van der Waals surface area contributed by atoms with Crippen LogP contribution < -0.4 is 10.6 Å². The summed E-state index contributed by atoms with van der Waals surface area (Å²) >= 11 is 0. The summed E-state index contributed by atoms with van der Waals surface area (Å²) in [7, 11) is 0.